The minimum atomic E-state index is 0.0591. The molecule has 98 valence electrons. The predicted molar refractivity (Wildman–Crippen MR) is 66.5 cm³/mol. The number of amides is 2. The highest BCUT2D eigenvalue weighted by Crippen LogP contribution is 2.07. The molecule has 2 N–H and O–H groups in total. The maximum Gasteiger partial charge on any atom is 0.224 e. The summed E-state index contributed by atoms with van der Waals surface area (Å²) >= 11 is 0. The molecule has 0 unspecified atom stereocenters. The molecular weight excluding hydrogens is 218 g/mol. The molecule has 17 heavy (non-hydrogen) atoms. The van der Waals surface area contributed by atoms with Crippen molar-refractivity contribution in [3.63, 3.8) is 0 Å². The predicted octanol–water partition coefficient (Wildman–Crippen LogP) is -0.0294. The lowest BCUT2D eigenvalue weighted by molar-refractivity contribution is -0.130. The Morgan fingerprint density at radius 2 is 1.94 bits per heavy atom. The lowest BCUT2D eigenvalue weighted by Crippen LogP contribution is -2.44. The van der Waals surface area contributed by atoms with Gasteiger partial charge < -0.3 is 15.5 Å². The van der Waals surface area contributed by atoms with E-state index in [1.807, 2.05) is 13.8 Å². The van der Waals surface area contributed by atoms with Crippen LogP contribution in [0.25, 0.3) is 0 Å². The first-order valence-electron chi connectivity index (χ1n) is 6.42. The summed E-state index contributed by atoms with van der Waals surface area (Å²) in [7, 11) is 0. The van der Waals surface area contributed by atoms with Crippen molar-refractivity contribution in [2.45, 2.75) is 26.7 Å². The van der Waals surface area contributed by atoms with Gasteiger partial charge in [0.15, 0.2) is 0 Å². The van der Waals surface area contributed by atoms with E-state index in [0.29, 0.717) is 25.3 Å². The van der Waals surface area contributed by atoms with Crippen LogP contribution in [0, 0.1) is 5.92 Å². The number of hydrogen-bond donors (Lipinski definition) is 2. The molecule has 0 atom stereocenters. The number of carbonyl (C=O) groups excluding carboxylic acids is 2. The average Bonchev–Trinajstić information content (AvgIpc) is 2.25. The van der Waals surface area contributed by atoms with Crippen LogP contribution in [0.1, 0.15) is 26.7 Å². The molecule has 1 fully saturated rings. The fourth-order valence-electron chi connectivity index (χ4n) is 1.87. The van der Waals surface area contributed by atoms with Crippen molar-refractivity contribution in [1.82, 2.24) is 15.5 Å². The van der Waals surface area contributed by atoms with E-state index in [-0.39, 0.29) is 11.8 Å². The van der Waals surface area contributed by atoms with Gasteiger partial charge in [0.2, 0.25) is 11.8 Å². The lowest BCUT2D eigenvalue weighted by atomic mass is 9.99. The molecule has 0 aromatic heterocycles. The Kier molecular flexibility index (Phi) is 5.97. The minimum Gasteiger partial charge on any atom is -0.356 e. The van der Waals surface area contributed by atoms with Crippen molar-refractivity contribution in [2.75, 3.05) is 32.7 Å². The van der Waals surface area contributed by atoms with E-state index in [1.165, 1.54) is 0 Å². The third kappa shape index (κ3) is 4.73. The van der Waals surface area contributed by atoms with E-state index in [1.54, 1.807) is 4.90 Å². The molecule has 1 aliphatic heterocycles. The SMILES string of the molecule is CCN(CC)C(=O)CCNC(=O)CC1CNC1. The number of nitrogens with one attached hydrogen (secondary N) is 2. The molecule has 1 heterocycles. The van der Waals surface area contributed by atoms with Crippen molar-refractivity contribution in [2.24, 2.45) is 5.92 Å². The van der Waals surface area contributed by atoms with E-state index < -0.39 is 0 Å². The van der Waals surface area contributed by atoms with Crippen LogP contribution in [0.4, 0.5) is 0 Å². The van der Waals surface area contributed by atoms with Gasteiger partial charge in [0.1, 0.15) is 0 Å². The molecule has 0 spiro atoms. The number of carbonyl (C=O) groups is 2. The Balaban J connectivity index is 2.09. The van der Waals surface area contributed by atoms with E-state index in [0.717, 1.165) is 26.2 Å². The Bertz CT molecular complexity index is 260. The van der Waals surface area contributed by atoms with Crippen molar-refractivity contribution >= 4 is 11.8 Å². The molecule has 0 aromatic rings. The van der Waals surface area contributed by atoms with E-state index in [9.17, 15) is 9.59 Å². The summed E-state index contributed by atoms with van der Waals surface area (Å²) in [5.74, 6) is 0.651. The first kappa shape index (κ1) is 14.0. The van der Waals surface area contributed by atoms with Gasteiger partial charge in [-0.2, -0.15) is 0 Å². The third-order valence-corrected chi connectivity index (χ3v) is 3.12. The Labute approximate surface area is 103 Å². The van der Waals surface area contributed by atoms with E-state index >= 15 is 0 Å². The van der Waals surface area contributed by atoms with Crippen LogP contribution in [-0.4, -0.2) is 49.4 Å². The second-order valence-corrected chi connectivity index (χ2v) is 4.39. The molecule has 0 radical (unpaired) electrons. The van der Waals surface area contributed by atoms with Gasteiger partial charge in [-0.1, -0.05) is 0 Å². The zero-order valence-corrected chi connectivity index (χ0v) is 10.8. The summed E-state index contributed by atoms with van der Waals surface area (Å²) in [6.07, 6.45) is 0.975. The molecular formula is C12H23N3O2. The molecule has 0 aliphatic carbocycles. The maximum atomic E-state index is 11.6. The van der Waals surface area contributed by atoms with E-state index in [2.05, 4.69) is 10.6 Å². The molecule has 0 aromatic carbocycles. The Morgan fingerprint density at radius 3 is 2.41 bits per heavy atom. The summed E-state index contributed by atoms with van der Waals surface area (Å²) in [5, 5.41) is 5.93. The van der Waals surface area contributed by atoms with Crippen LogP contribution >= 0.6 is 0 Å². The van der Waals surface area contributed by atoms with Gasteiger partial charge in [-0.15, -0.1) is 0 Å². The van der Waals surface area contributed by atoms with Gasteiger partial charge in [0.05, 0.1) is 0 Å². The maximum absolute atomic E-state index is 11.6. The quantitative estimate of drug-likeness (QED) is 0.658. The molecule has 1 rings (SSSR count). The Hall–Kier alpha value is -1.10. The normalized spacial score (nSPS) is 15.2. The largest absolute Gasteiger partial charge is 0.356 e. The molecule has 1 aliphatic rings. The third-order valence-electron chi connectivity index (χ3n) is 3.12. The molecule has 0 bridgehead atoms. The second-order valence-electron chi connectivity index (χ2n) is 4.39. The topological polar surface area (TPSA) is 61.4 Å². The summed E-state index contributed by atoms with van der Waals surface area (Å²) in [6.45, 7) is 7.72. The number of rotatable bonds is 7. The lowest BCUT2D eigenvalue weighted by Gasteiger charge is -2.26. The molecule has 5 nitrogen and oxygen atoms in total. The molecule has 0 saturated carbocycles. The highest BCUT2D eigenvalue weighted by molar-refractivity contribution is 5.79. The number of nitrogens with zero attached hydrogens (tertiary/aromatic N) is 1. The molecule has 1 saturated heterocycles. The van der Waals surface area contributed by atoms with Gasteiger partial charge in [-0.25, -0.2) is 0 Å². The van der Waals surface area contributed by atoms with Crippen molar-refractivity contribution in [1.29, 1.82) is 0 Å². The fraction of sp³-hybridized carbons (Fsp3) is 0.833. The second kappa shape index (κ2) is 7.27. The monoisotopic (exact) mass is 241 g/mol. The van der Waals surface area contributed by atoms with Gasteiger partial charge in [-0.05, 0) is 32.9 Å². The van der Waals surface area contributed by atoms with Crippen LogP contribution in [0.15, 0.2) is 0 Å². The van der Waals surface area contributed by atoms with Gasteiger partial charge >= 0.3 is 0 Å². The molecule has 5 heteroatoms. The van der Waals surface area contributed by atoms with Crippen LogP contribution < -0.4 is 10.6 Å². The van der Waals surface area contributed by atoms with Crippen LogP contribution in [0.3, 0.4) is 0 Å². The average molecular weight is 241 g/mol. The zero-order chi connectivity index (χ0) is 12.7. The van der Waals surface area contributed by atoms with Crippen LogP contribution in [-0.2, 0) is 9.59 Å². The summed E-state index contributed by atoms with van der Waals surface area (Å²) in [5.41, 5.74) is 0. The minimum absolute atomic E-state index is 0.0591. The van der Waals surface area contributed by atoms with Gasteiger partial charge in [-0.3, -0.25) is 9.59 Å². The highest BCUT2D eigenvalue weighted by Gasteiger charge is 2.19. The summed E-state index contributed by atoms with van der Waals surface area (Å²) in [6, 6.07) is 0. The summed E-state index contributed by atoms with van der Waals surface area (Å²) < 4.78 is 0. The highest BCUT2D eigenvalue weighted by atomic mass is 16.2. The van der Waals surface area contributed by atoms with Crippen LogP contribution in [0.5, 0.6) is 0 Å². The van der Waals surface area contributed by atoms with Crippen molar-refractivity contribution in [3.8, 4) is 0 Å². The zero-order valence-electron chi connectivity index (χ0n) is 10.8. The van der Waals surface area contributed by atoms with Crippen LogP contribution in [0.2, 0.25) is 0 Å². The summed E-state index contributed by atoms with van der Waals surface area (Å²) in [4.78, 5) is 24.9. The smallest absolute Gasteiger partial charge is 0.224 e. The van der Waals surface area contributed by atoms with E-state index in [4.69, 9.17) is 0 Å². The first-order valence-corrected chi connectivity index (χ1v) is 6.42. The van der Waals surface area contributed by atoms with Crippen molar-refractivity contribution in [3.05, 3.63) is 0 Å². The standard InChI is InChI=1S/C12H23N3O2/c1-3-15(4-2)12(17)5-6-14-11(16)7-10-8-13-9-10/h10,13H,3-9H2,1-2H3,(H,14,16). The fourth-order valence-corrected chi connectivity index (χ4v) is 1.87. The molecule has 2 amide bonds. The van der Waals surface area contributed by atoms with Crippen molar-refractivity contribution < 1.29 is 9.59 Å². The van der Waals surface area contributed by atoms with Gasteiger partial charge in [0, 0.05) is 32.5 Å². The Morgan fingerprint density at radius 1 is 1.29 bits per heavy atom. The number of hydrogen-bond acceptors (Lipinski definition) is 3. The first-order chi connectivity index (χ1) is 8.17. The van der Waals surface area contributed by atoms with Gasteiger partial charge in [0.25, 0.3) is 0 Å².